The van der Waals surface area contributed by atoms with Crippen molar-refractivity contribution in [2.24, 2.45) is 5.92 Å². The number of urea groups is 1. The van der Waals surface area contributed by atoms with Gasteiger partial charge in [0.1, 0.15) is 5.75 Å². The Morgan fingerprint density at radius 1 is 1.11 bits per heavy atom. The van der Waals surface area contributed by atoms with Gasteiger partial charge in [0.05, 0.1) is 12.3 Å². The molecule has 1 aromatic carbocycles. The summed E-state index contributed by atoms with van der Waals surface area (Å²) in [5, 5.41) is 3.07. The fourth-order valence-electron chi connectivity index (χ4n) is 4.05. The highest BCUT2D eigenvalue weighted by atomic mass is 16.5. The summed E-state index contributed by atoms with van der Waals surface area (Å²) in [7, 11) is 0. The Morgan fingerprint density at radius 2 is 1.89 bits per heavy atom. The number of para-hydroxylation sites is 2. The summed E-state index contributed by atoms with van der Waals surface area (Å²) in [5.74, 6) is 1.48. The van der Waals surface area contributed by atoms with Gasteiger partial charge in [-0.15, -0.1) is 0 Å². The molecule has 0 radical (unpaired) electrons. The Morgan fingerprint density at radius 3 is 2.63 bits per heavy atom. The molecule has 2 heterocycles. The highest BCUT2D eigenvalue weighted by Gasteiger charge is 2.32. The van der Waals surface area contributed by atoms with Gasteiger partial charge in [-0.05, 0) is 43.9 Å². The number of hydrogen-bond donors (Lipinski definition) is 1. The van der Waals surface area contributed by atoms with Gasteiger partial charge in [-0.1, -0.05) is 19.1 Å². The van der Waals surface area contributed by atoms with Crippen LogP contribution < -0.4 is 10.1 Å². The standard InChI is InChI=1S/C21H32N4O2/c1-2-23-11-13-24(14-12-23)18-9-10-25(15-18)21(26)22-19-5-3-4-6-20(19)27-16-17-7-8-17/h3-6,17-18H,2,7-16H2,1H3,(H,22,26). The smallest absolute Gasteiger partial charge is 0.322 e. The molecule has 0 bridgehead atoms. The van der Waals surface area contributed by atoms with Gasteiger partial charge in [0.2, 0.25) is 0 Å². The van der Waals surface area contributed by atoms with Crippen molar-refractivity contribution in [3.63, 3.8) is 0 Å². The van der Waals surface area contributed by atoms with Crippen LogP contribution in [0.4, 0.5) is 10.5 Å². The second-order valence-electron chi connectivity index (χ2n) is 8.04. The number of piperazine rings is 1. The van der Waals surface area contributed by atoms with Crippen molar-refractivity contribution in [3.05, 3.63) is 24.3 Å². The highest BCUT2D eigenvalue weighted by Crippen LogP contribution is 2.32. The normalized spacial score (nSPS) is 24.2. The van der Waals surface area contributed by atoms with E-state index in [0.29, 0.717) is 12.0 Å². The lowest BCUT2D eigenvalue weighted by atomic mass is 10.2. The van der Waals surface area contributed by atoms with Crippen LogP contribution in [0.2, 0.25) is 0 Å². The predicted octanol–water partition coefficient (Wildman–Crippen LogP) is 2.72. The van der Waals surface area contributed by atoms with E-state index in [4.69, 9.17) is 4.74 Å². The first-order chi connectivity index (χ1) is 13.2. The van der Waals surface area contributed by atoms with Crippen molar-refractivity contribution in [2.45, 2.75) is 32.2 Å². The summed E-state index contributed by atoms with van der Waals surface area (Å²) in [6, 6.07) is 8.26. The fourth-order valence-corrected chi connectivity index (χ4v) is 4.05. The zero-order valence-corrected chi connectivity index (χ0v) is 16.4. The van der Waals surface area contributed by atoms with Gasteiger partial charge >= 0.3 is 6.03 Å². The minimum atomic E-state index is -0.00725. The number of benzene rings is 1. The molecule has 27 heavy (non-hydrogen) atoms. The average Bonchev–Trinajstić information content (AvgIpc) is 3.40. The van der Waals surface area contributed by atoms with Gasteiger partial charge in [-0.2, -0.15) is 0 Å². The Labute approximate surface area is 162 Å². The molecule has 2 aliphatic heterocycles. The quantitative estimate of drug-likeness (QED) is 0.834. The van der Waals surface area contributed by atoms with Crippen molar-refractivity contribution in [3.8, 4) is 5.75 Å². The number of amides is 2. The highest BCUT2D eigenvalue weighted by molar-refractivity contribution is 5.91. The van der Waals surface area contributed by atoms with Crippen LogP contribution in [0.25, 0.3) is 0 Å². The monoisotopic (exact) mass is 372 g/mol. The molecule has 4 rings (SSSR count). The summed E-state index contributed by atoms with van der Waals surface area (Å²) in [6.45, 7) is 10.3. The predicted molar refractivity (Wildman–Crippen MR) is 107 cm³/mol. The van der Waals surface area contributed by atoms with Crippen molar-refractivity contribution in [1.82, 2.24) is 14.7 Å². The summed E-state index contributed by atoms with van der Waals surface area (Å²) in [6.07, 6.45) is 3.59. The second-order valence-corrected chi connectivity index (χ2v) is 8.04. The number of ether oxygens (including phenoxy) is 1. The largest absolute Gasteiger partial charge is 0.491 e. The molecule has 2 saturated heterocycles. The first-order valence-electron chi connectivity index (χ1n) is 10.5. The number of likely N-dealkylation sites (tertiary alicyclic amines) is 1. The maximum absolute atomic E-state index is 12.8. The van der Waals surface area contributed by atoms with E-state index in [-0.39, 0.29) is 6.03 Å². The van der Waals surface area contributed by atoms with Crippen molar-refractivity contribution in [2.75, 3.05) is 57.7 Å². The van der Waals surface area contributed by atoms with Crippen molar-refractivity contribution < 1.29 is 9.53 Å². The molecule has 6 nitrogen and oxygen atoms in total. The van der Waals surface area contributed by atoms with Crippen LogP contribution in [0, 0.1) is 5.92 Å². The van der Waals surface area contributed by atoms with Crippen molar-refractivity contribution in [1.29, 1.82) is 0 Å². The molecule has 1 aliphatic carbocycles. The molecule has 1 saturated carbocycles. The minimum Gasteiger partial charge on any atom is -0.491 e. The Hall–Kier alpha value is -1.79. The first-order valence-corrected chi connectivity index (χ1v) is 10.5. The SMILES string of the molecule is CCN1CCN(C2CCN(C(=O)Nc3ccccc3OCC3CC3)C2)CC1. The lowest BCUT2D eigenvalue weighted by Gasteiger charge is -2.37. The zero-order valence-electron chi connectivity index (χ0n) is 16.4. The van der Waals surface area contributed by atoms with Crippen LogP contribution in [-0.2, 0) is 0 Å². The van der Waals surface area contributed by atoms with Gasteiger partial charge < -0.3 is 19.9 Å². The fraction of sp³-hybridized carbons (Fsp3) is 0.667. The second kappa shape index (κ2) is 8.48. The minimum absolute atomic E-state index is 0.00725. The Bertz CT molecular complexity index is 641. The van der Waals surface area contributed by atoms with E-state index in [0.717, 1.165) is 70.3 Å². The molecule has 2 amide bonds. The van der Waals surface area contributed by atoms with Crippen molar-refractivity contribution >= 4 is 11.7 Å². The summed E-state index contributed by atoms with van der Waals surface area (Å²) >= 11 is 0. The van der Waals surface area contributed by atoms with E-state index < -0.39 is 0 Å². The van der Waals surface area contributed by atoms with E-state index in [1.54, 1.807) is 0 Å². The zero-order chi connectivity index (χ0) is 18.6. The molecule has 6 heteroatoms. The van der Waals surface area contributed by atoms with Gasteiger partial charge in [-0.25, -0.2) is 4.79 Å². The Kier molecular flexibility index (Phi) is 5.83. The molecule has 0 aromatic heterocycles. The van der Waals surface area contributed by atoms with Gasteiger partial charge in [-0.3, -0.25) is 4.90 Å². The van der Waals surface area contributed by atoms with E-state index in [9.17, 15) is 4.79 Å². The molecule has 1 atom stereocenters. The van der Waals surface area contributed by atoms with Crippen LogP contribution in [0.1, 0.15) is 26.2 Å². The number of nitrogens with zero attached hydrogens (tertiary/aromatic N) is 3. The van der Waals surface area contributed by atoms with Crippen LogP contribution >= 0.6 is 0 Å². The lowest BCUT2D eigenvalue weighted by molar-refractivity contribution is 0.103. The molecule has 1 N–H and O–H groups in total. The molecule has 3 fully saturated rings. The molecule has 0 spiro atoms. The Balaban J connectivity index is 1.29. The molecule has 148 valence electrons. The lowest BCUT2D eigenvalue weighted by Crippen LogP contribution is -2.51. The summed E-state index contributed by atoms with van der Waals surface area (Å²) in [4.78, 5) is 19.8. The molecule has 3 aliphatic rings. The average molecular weight is 373 g/mol. The van der Waals surface area contributed by atoms with Gasteiger partial charge in [0, 0.05) is 45.3 Å². The van der Waals surface area contributed by atoms with Crippen LogP contribution in [0.15, 0.2) is 24.3 Å². The van der Waals surface area contributed by atoms with Crippen LogP contribution in [0.3, 0.4) is 0 Å². The maximum Gasteiger partial charge on any atom is 0.322 e. The molecule has 1 aromatic rings. The van der Waals surface area contributed by atoms with Gasteiger partial charge in [0.25, 0.3) is 0 Å². The number of anilines is 1. The van der Waals surface area contributed by atoms with E-state index in [2.05, 4.69) is 22.0 Å². The number of hydrogen-bond acceptors (Lipinski definition) is 4. The first kappa shape index (κ1) is 18.6. The van der Waals surface area contributed by atoms with Crippen LogP contribution in [-0.4, -0.2) is 79.2 Å². The molecular weight excluding hydrogens is 340 g/mol. The van der Waals surface area contributed by atoms with E-state index >= 15 is 0 Å². The van der Waals surface area contributed by atoms with E-state index in [1.807, 2.05) is 29.2 Å². The van der Waals surface area contributed by atoms with E-state index in [1.165, 1.54) is 12.8 Å². The number of likely N-dealkylation sites (N-methyl/N-ethyl adjacent to an activating group) is 1. The summed E-state index contributed by atoms with van der Waals surface area (Å²) < 4.78 is 5.92. The van der Waals surface area contributed by atoms with Crippen LogP contribution in [0.5, 0.6) is 5.75 Å². The van der Waals surface area contributed by atoms with Gasteiger partial charge in [0.15, 0.2) is 0 Å². The number of carbonyl (C=O) groups excluding carboxylic acids is 1. The number of nitrogens with one attached hydrogen (secondary N) is 1. The topological polar surface area (TPSA) is 48.0 Å². The molecular formula is C21H32N4O2. The number of rotatable bonds is 6. The molecule has 1 unspecified atom stereocenters. The summed E-state index contributed by atoms with van der Waals surface area (Å²) in [5.41, 5.74) is 0.781. The number of carbonyl (C=O) groups is 1. The third kappa shape index (κ3) is 4.74. The maximum atomic E-state index is 12.8. The third-order valence-electron chi connectivity index (χ3n) is 6.12. The third-order valence-corrected chi connectivity index (χ3v) is 6.12.